The molecule has 180 valence electrons. The van der Waals surface area contributed by atoms with Gasteiger partial charge in [-0.05, 0) is 68.4 Å². The van der Waals surface area contributed by atoms with Gasteiger partial charge in [-0.25, -0.2) is 13.8 Å². The standard InChI is InChI=1S/C29H34F2N2O/c1-4-6-10-18-34-21(3)12-8-7-9-13-22-14-17-25-26(19-22)32-20-27(33-25)24-16-15-23(11-5-2)28(30)29(24)31/h5,9,13-17,19-21H,2,4,6-8,10-12,18H2,1,3H3. The van der Waals surface area contributed by atoms with Gasteiger partial charge in [0.05, 0.1) is 29.0 Å². The number of fused-ring (bicyclic) bond motifs is 1. The summed E-state index contributed by atoms with van der Waals surface area (Å²) < 4.78 is 34.7. The van der Waals surface area contributed by atoms with Crippen molar-refractivity contribution in [3.63, 3.8) is 0 Å². The fourth-order valence-corrected chi connectivity index (χ4v) is 3.82. The smallest absolute Gasteiger partial charge is 0.168 e. The van der Waals surface area contributed by atoms with E-state index >= 15 is 0 Å². The second-order valence-electron chi connectivity index (χ2n) is 8.62. The third kappa shape index (κ3) is 7.04. The molecule has 1 heterocycles. The number of allylic oxidation sites excluding steroid dienone is 2. The maximum Gasteiger partial charge on any atom is 0.168 e. The number of hydrogen-bond donors (Lipinski definition) is 0. The molecule has 0 fully saturated rings. The van der Waals surface area contributed by atoms with E-state index < -0.39 is 11.6 Å². The minimum atomic E-state index is -0.909. The molecular weight excluding hydrogens is 430 g/mol. The number of rotatable bonds is 13. The van der Waals surface area contributed by atoms with Crippen LogP contribution in [0.5, 0.6) is 0 Å². The zero-order valence-corrected chi connectivity index (χ0v) is 20.2. The molecule has 0 aliphatic rings. The molecule has 1 aromatic heterocycles. The van der Waals surface area contributed by atoms with Crippen molar-refractivity contribution < 1.29 is 13.5 Å². The van der Waals surface area contributed by atoms with Crippen molar-refractivity contribution in [1.29, 1.82) is 0 Å². The molecule has 0 amide bonds. The minimum absolute atomic E-state index is 0.104. The van der Waals surface area contributed by atoms with Gasteiger partial charge >= 0.3 is 0 Å². The van der Waals surface area contributed by atoms with Gasteiger partial charge < -0.3 is 4.74 Å². The molecule has 0 saturated heterocycles. The summed E-state index contributed by atoms with van der Waals surface area (Å²) in [4.78, 5) is 8.94. The molecule has 0 saturated carbocycles. The SMILES string of the molecule is C=CCc1ccc(-c2cnc3cc(C=CCCCC(C)OCCCCC)ccc3n2)c(F)c1F. The Bertz CT molecular complexity index is 1130. The Morgan fingerprint density at radius 1 is 1.06 bits per heavy atom. The molecule has 0 spiro atoms. The molecule has 0 bridgehead atoms. The third-order valence-corrected chi connectivity index (χ3v) is 5.81. The lowest BCUT2D eigenvalue weighted by molar-refractivity contribution is 0.0566. The molecule has 3 aromatic rings. The molecule has 0 aliphatic carbocycles. The second-order valence-corrected chi connectivity index (χ2v) is 8.62. The van der Waals surface area contributed by atoms with Gasteiger partial charge in [-0.3, -0.25) is 4.98 Å². The maximum atomic E-state index is 14.6. The van der Waals surface area contributed by atoms with Crippen molar-refractivity contribution in [2.75, 3.05) is 6.61 Å². The van der Waals surface area contributed by atoms with E-state index in [9.17, 15) is 8.78 Å². The van der Waals surface area contributed by atoms with E-state index in [1.54, 1.807) is 18.2 Å². The number of aromatic nitrogens is 2. The highest BCUT2D eigenvalue weighted by Crippen LogP contribution is 2.26. The zero-order chi connectivity index (χ0) is 24.3. The largest absolute Gasteiger partial charge is 0.379 e. The number of unbranched alkanes of at least 4 members (excludes halogenated alkanes) is 3. The molecule has 3 nitrogen and oxygen atoms in total. The third-order valence-electron chi connectivity index (χ3n) is 5.81. The van der Waals surface area contributed by atoms with Gasteiger partial charge in [0.25, 0.3) is 0 Å². The maximum absolute atomic E-state index is 14.6. The Kier molecular flexibility index (Phi) is 9.89. The monoisotopic (exact) mass is 464 g/mol. The van der Waals surface area contributed by atoms with E-state index in [0.29, 0.717) is 22.8 Å². The molecule has 1 unspecified atom stereocenters. The topological polar surface area (TPSA) is 35.0 Å². The molecule has 2 aromatic carbocycles. The highest BCUT2D eigenvalue weighted by atomic mass is 19.2. The molecule has 5 heteroatoms. The van der Waals surface area contributed by atoms with Gasteiger partial charge in [-0.15, -0.1) is 6.58 Å². The number of halogens is 2. The van der Waals surface area contributed by atoms with Crippen molar-refractivity contribution in [1.82, 2.24) is 9.97 Å². The van der Waals surface area contributed by atoms with Gasteiger partial charge in [0.1, 0.15) is 0 Å². The van der Waals surface area contributed by atoms with Crippen molar-refractivity contribution in [3.05, 3.63) is 78.0 Å². The summed E-state index contributed by atoms with van der Waals surface area (Å²) in [5.41, 5.74) is 3.07. The van der Waals surface area contributed by atoms with E-state index in [0.717, 1.165) is 37.9 Å². The van der Waals surface area contributed by atoms with Gasteiger partial charge in [-0.2, -0.15) is 0 Å². The van der Waals surface area contributed by atoms with Gasteiger partial charge in [0.15, 0.2) is 11.6 Å². The summed E-state index contributed by atoms with van der Waals surface area (Å²) in [6.45, 7) is 8.77. The van der Waals surface area contributed by atoms with Crippen LogP contribution in [0.1, 0.15) is 63.5 Å². The molecule has 3 rings (SSSR count). The molecule has 0 N–H and O–H groups in total. The molecule has 1 atom stereocenters. The average Bonchev–Trinajstić information content (AvgIpc) is 2.84. The Labute approximate surface area is 201 Å². The summed E-state index contributed by atoms with van der Waals surface area (Å²) in [6.07, 6.45) is 14.5. The number of ether oxygens (including phenoxy) is 1. The van der Waals surface area contributed by atoms with Crippen LogP contribution in [0.2, 0.25) is 0 Å². The van der Waals surface area contributed by atoms with Crippen LogP contribution in [-0.2, 0) is 11.2 Å². The Balaban J connectivity index is 1.59. The van der Waals surface area contributed by atoms with Crippen LogP contribution in [0.15, 0.2) is 55.3 Å². The summed E-state index contributed by atoms with van der Waals surface area (Å²) in [5.74, 6) is -1.77. The summed E-state index contributed by atoms with van der Waals surface area (Å²) in [7, 11) is 0. The van der Waals surface area contributed by atoms with Crippen LogP contribution in [-0.4, -0.2) is 22.7 Å². The van der Waals surface area contributed by atoms with E-state index in [2.05, 4.69) is 42.5 Å². The lowest BCUT2D eigenvalue weighted by atomic mass is 10.0. The van der Waals surface area contributed by atoms with Gasteiger partial charge in [0.2, 0.25) is 0 Å². The van der Waals surface area contributed by atoms with E-state index in [-0.39, 0.29) is 17.5 Å². The molecular formula is C29H34F2N2O. The quantitative estimate of drug-likeness (QED) is 0.189. The van der Waals surface area contributed by atoms with Gasteiger partial charge in [0, 0.05) is 12.2 Å². The van der Waals surface area contributed by atoms with Crippen molar-refractivity contribution in [2.24, 2.45) is 0 Å². The van der Waals surface area contributed by atoms with Crippen molar-refractivity contribution in [3.8, 4) is 11.3 Å². The predicted octanol–water partition coefficient (Wildman–Crippen LogP) is 8.08. The Morgan fingerprint density at radius 3 is 2.71 bits per heavy atom. The van der Waals surface area contributed by atoms with Crippen LogP contribution in [0.25, 0.3) is 28.4 Å². The predicted molar refractivity (Wildman–Crippen MR) is 137 cm³/mol. The summed E-state index contributed by atoms with van der Waals surface area (Å²) in [5, 5.41) is 0. The fraction of sp³-hybridized carbons (Fsp3) is 0.379. The number of benzene rings is 2. The lowest BCUT2D eigenvalue weighted by Gasteiger charge is -2.12. The summed E-state index contributed by atoms with van der Waals surface area (Å²) >= 11 is 0. The number of hydrogen-bond acceptors (Lipinski definition) is 3. The zero-order valence-electron chi connectivity index (χ0n) is 20.2. The van der Waals surface area contributed by atoms with E-state index in [4.69, 9.17) is 4.74 Å². The average molecular weight is 465 g/mol. The first-order chi connectivity index (χ1) is 16.5. The lowest BCUT2D eigenvalue weighted by Crippen LogP contribution is -2.08. The van der Waals surface area contributed by atoms with Crippen LogP contribution in [0.4, 0.5) is 8.78 Å². The Morgan fingerprint density at radius 2 is 1.91 bits per heavy atom. The first kappa shape index (κ1) is 25.7. The van der Waals surface area contributed by atoms with Crippen LogP contribution in [0, 0.1) is 11.6 Å². The van der Waals surface area contributed by atoms with E-state index in [1.165, 1.54) is 19.0 Å². The Hall–Kier alpha value is -2.92. The molecule has 34 heavy (non-hydrogen) atoms. The molecule has 0 aliphatic heterocycles. The number of nitrogens with zero attached hydrogens (tertiary/aromatic N) is 2. The normalized spacial score (nSPS) is 12.5. The van der Waals surface area contributed by atoms with Crippen molar-refractivity contribution in [2.45, 2.75) is 64.9 Å². The highest BCUT2D eigenvalue weighted by Gasteiger charge is 2.15. The highest BCUT2D eigenvalue weighted by molar-refractivity contribution is 5.79. The second kappa shape index (κ2) is 13.1. The van der Waals surface area contributed by atoms with Crippen LogP contribution >= 0.6 is 0 Å². The summed E-state index contributed by atoms with van der Waals surface area (Å²) in [6, 6.07) is 8.88. The minimum Gasteiger partial charge on any atom is -0.379 e. The van der Waals surface area contributed by atoms with E-state index in [1.807, 2.05) is 18.2 Å². The molecule has 0 radical (unpaired) electrons. The van der Waals surface area contributed by atoms with Gasteiger partial charge in [-0.1, -0.05) is 50.1 Å². The van der Waals surface area contributed by atoms with Crippen molar-refractivity contribution >= 4 is 17.1 Å². The first-order valence-electron chi connectivity index (χ1n) is 12.2. The van der Waals surface area contributed by atoms with Crippen LogP contribution in [0.3, 0.4) is 0 Å². The van der Waals surface area contributed by atoms with Crippen LogP contribution < -0.4 is 0 Å². The first-order valence-corrected chi connectivity index (χ1v) is 12.2. The fourth-order valence-electron chi connectivity index (χ4n) is 3.82.